The summed E-state index contributed by atoms with van der Waals surface area (Å²) in [6, 6.07) is 5.81. The first-order valence-electron chi connectivity index (χ1n) is 4.87. The van der Waals surface area contributed by atoms with Crippen molar-refractivity contribution < 1.29 is 13.9 Å². The SMILES string of the molecule is COP(O)(=S)OCCCSSc1ccccn1. The Morgan fingerprint density at radius 1 is 1.53 bits per heavy atom. The van der Waals surface area contributed by atoms with E-state index < -0.39 is 6.72 Å². The lowest BCUT2D eigenvalue weighted by Gasteiger charge is -2.12. The molecule has 0 spiro atoms. The van der Waals surface area contributed by atoms with Gasteiger partial charge in [-0.15, -0.1) is 0 Å². The molecule has 0 amide bonds. The van der Waals surface area contributed by atoms with Gasteiger partial charge in [-0.2, -0.15) is 0 Å². The summed E-state index contributed by atoms with van der Waals surface area (Å²) >= 11 is 4.70. The first kappa shape index (κ1) is 15.4. The molecule has 1 aromatic rings. The highest BCUT2D eigenvalue weighted by atomic mass is 33.1. The van der Waals surface area contributed by atoms with Crippen LogP contribution in [0, 0.1) is 0 Å². The largest absolute Gasteiger partial charge is 0.324 e. The maximum atomic E-state index is 9.32. The van der Waals surface area contributed by atoms with Gasteiger partial charge in [-0.05, 0) is 41.2 Å². The normalized spacial score (nSPS) is 14.5. The van der Waals surface area contributed by atoms with E-state index in [1.54, 1.807) is 27.8 Å². The fourth-order valence-corrected chi connectivity index (χ4v) is 3.48. The molecule has 17 heavy (non-hydrogen) atoms. The minimum atomic E-state index is -2.98. The summed E-state index contributed by atoms with van der Waals surface area (Å²) in [7, 11) is 4.67. The smallest absolute Gasteiger partial charge is 0.324 e. The first-order chi connectivity index (χ1) is 8.14. The Kier molecular flexibility index (Phi) is 7.70. The summed E-state index contributed by atoms with van der Waals surface area (Å²) in [6.07, 6.45) is 2.58. The summed E-state index contributed by atoms with van der Waals surface area (Å²) in [5.74, 6) is 0.903. The molecule has 0 aliphatic carbocycles. The molecular formula is C9H14NO3PS3. The minimum absolute atomic E-state index is 0.414. The number of aromatic nitrogens is 1. The summed E-state index contributed by atoms with van der Waals surface area (Å²) in [4.78, 5) is 13.5. The van der Waals surface area contributed by atoms with Gasteiger partial charge in [-0.3, -0.25) is 0 Å². The van der Waals surface area contributed by atoms with E-state index in [9.17, 15) is 4.89 Å². The van der Waals surface area contributed by atoms with Crippen LogP contribution in [0.1, 0.15) is 6.42 Å². The zero-order valence-electron chi connectivity index (χ0n) is 9.31. The van der Waals surface area contributed by atoms with Crippen molar-refractivity contribution >= 4 is 40.1 Å². The van der Waals surface area contributed by atoms with Gasteiger partial charge in [0.1, 0.15) is 5.03 Å². The summed E-state index contributed by atoms with van der Waals surface area (Å²) in [5.41, 5.74) is 0. The molecule has 0 aromatic carbocycles. The Bertz CT molecular complexity index is 366. The molecule has 1 rings (SSSR count). The molecule has 1 atom stereocenters. The number of nitrogens with zero attached hydrogens (tertiary/aromatic N) is 1. The van der Waals surface area contributed by atoms with Crippen LogP contribution in [0.3, 0.4) is 0 Å². The average Bonchev–Trinajstić information content (AvgIpc) is 2.35. The van der Waals surface area contributed by atoms with Crippen molar-refractivity contribution in [3.63, 3.8) is 0 Å². The van der Waals surface area contributed by atoms with Crippen LogP contribution in [0.25, 0.3) is 0 Å². The van der Waals surface area contributed by atoms with E-state index in [1.165, 1.54) is 7.11 Å². The number of hydrogen-bond donors (Lipinski definition) is 1. The van der Waals surface area contributed by atoms with Crippen LogP contribution in [0.15, 0.2) is 29.4 Å². The monoisotopic (exact) mass is 311 g/mol. The van der Waals surface area contributed by atoms with E-state index >= 15 is 0 Å². The van der Waals surface area contributed by atoms with Crippen LogP contribution in [0.5, 0.6) is 0 Å². The van der Waals surface area contributed by atoms with E-state index in [0.717, 1.165) is 17.2 Å². The lowest BCUT2D eigenvalue weighted by Crippen LogP contribution is -1.95. The molecule has 96 valence electrons. The highest BCUT2D eigenvalue weighted by molar-refractivity contribution is 8.76. The summed E-state index contributed by atoms with van der Waals surface area (Å²) in [5, 5.41) is 0.989. The standard InChI is InChI=1S/C9H14NO3PS3/c1-12-14(11,15)13-7-4-8-16-17-9-5-2-3-6-10-9/h2-3,5-6H,4,7-8H2,1H3,(H,11,15). The molecule has 1 heterocycles. The second-order valence-electron chi connectivity index (χ2n) is 2.91. The topological polar surface area (TPSA) is 51.6 Å². The average molecular weight is 311 g/mol. The Labute approximate surface area is 114 Å². The van der Waals surface area contributed by atoms with Gasteiger partial charge in [-0.1, -0.05) is 16.9 Å². The van der Waals surface area contributed by atoms with Crippen molar-refractivity contribution in [2.75, 3.05) is 19.5 Å². The molecule has 1 aromatic heterocycles. The maximum absolute atomic E-state index is 9.32. The van der Waals surface area contributed by atoms with Crippen molar-refractivity contribution in [2.45, 2.75) is 11.4 Å². The van der Waals surface area contributed by atoms with Crippen molar-refractivity contribution in [1.82, 2.24) is 4.98 Å². The summed E-state index contributed by atoms with van der Waals surface area (Å²) in [6.45, 7) is -2.56. The van der Waals surface area contributed by atoms with E-state index in [0.29, 0.717) is 6.61 Å². The lowest BCUT2D eigenvalue weighted by atomic mass is 10.5. The van der Waals surface area contributed by atoms with Gasteiger partial charge in [0.2, 0.25) is 0 Å². The van der Waals surface area contributed by atoms with E-state index in [-0.39, 0.29) is 0 Å². The highest BCUT2D eigenvalue weighted by Gasteiger charge is 2.10. The minimum Gasteiger partial charge on any atom is -0.324 e. The van der Waals surface area contributed by atoms with Gasteiger partial charge >= 0.3 is 6.72 Å². The van der Waals surface area contributed by atoms with Gasteiger partial charge in [0, 0.05) is 19.1 Å². The fraction of sp³-hybridized carbons (Fsp3) is 0.444. The predicted molar refractivity (Wildman–Crippen MR) is 76.6 cm³/mol. The third-order valence-corrected chi connectivity index (χ3v) is 5.72. The van der Waals surface area contributed by atoms with Gasteiger partial charge in [-0.25, -0.2) is 4.98 Å². The molecule has 0 fully saturated rings. The molecule has 4 nitrogen and oxygen atoms in total. The maximum Gasteiger partial charge on any atom is 0.324 e. The Morgan fingerprint density at radius 3 is 3.00 bits per heavy atom. The number of hydrogen-bond acceptors (Lipinski definition) is 6. The van der Waals surface area contributed by atoms with Gasteiger partial charge in [0.15, 0.2) is 0 Å². The van der Waals surface area contributed by atoms with Gasteiger partial charge in [0.25, 0.3) is 0 Å². The van der Waals surface area contributed by atoms with Crippen LogP contribution in [0.2, 0.25) is 0 Å². The Balaban J connectivity index is 2.04. The van der Waals surface area contributed by atoms with Crippen LogP contribution in [0.4, 0.5) is 0 Å². The van der Waals surface area contributed by atoms with Crippen LogP contribution < -0.4 is 0 Å². The molecule has 0 radical (unpaired) electrons. The van der Waals surface area contributed by atoms with E-state index in [2.05, 4.69) is 9.51 Å². The van der Waals surface area contributed by atoms with Crippen molar-refractivity contribution in [3.05, 3.63) is 24.4 Å². The highest BCUT2D eigenvalue weighted by Crippen LogP contribution is 2.42. The molecular weight excluding hydrogens is 297 g/mol. The zero-order valence-corrected chi connectivity index (χ0v) is 12.7. The van der Waals surface area contributed by atoms with Crippen molar-refractivity contribution in [1.29, 1.82) is 0 Å². The van der Waals surface area contributed by atoms with Gasteiger partial charge < -0.3 is 13.9 Å². The van der Waals surface area contributed by atoms with Crippen molar-refractivity contribution in [3.8, 4) is 0 Å². The van der Waals surface area contributed by atoms with E-state index in [1.807, 2.05) is 18.2 Å². The molecule has 8 heteroatoms. The Hall–Kier alpha value is 0.380. The van der Waals surface area contributed by atoms with Crippen LogP contribution in [-0.2, 0) is 20.9 Å². The summed E-state index contributed by atoms with van der Waals surface area (Å²) < 4.78 is 9.70. The second kappa shape index (κ2) is 8.48. The lowest BCUT2D eigenvalue weighted by molar-refractivity contribution is 0.226. The first-order valence-corrected chi connectivity index (χ1v) is 9.78. The fourth-order valence-electron chi connectivity index (χ4n) is 0.849. The predicted octanol–water partition coefficient (Wildman–Crippen LogP) is 3.09. The van der Waals surface area contributed by atoms with E-state index in [4.69, 9.17) is 16.3 Å². The third-order valence-electron chi connectivity index (χ3n) is 1.64. The number of rotatable bonds is 8. The van der Waals surface area contributed by atoms with Crippen molar-refractivity contribution in [2.24, 2.45) is 0 Å². The van der Waals surface area contributed by atoms with Crippen LogP contribution in [-0.4, -0.2) is 29.3 Å². The number of pyridine rings is 1. The second-order valence-corrected chi connectivity index (χ2v) is 8.29. The molecule has 0 bridgehead atoms. The Morgan fingerprint density at radius 2 is 2.35 bits per heavy atom. The zero-order chi connectivity index (χ0) is 12.6. The molecule has 1 N–H and O–H groups in total. The third kappa shape index (κ3) is 7.41. The van der Waals surface area contributed by atoms with Gasteiger partial charge in [0.05, 0.1) is 6.61 Å². The van der Waals surface area contributed by atoms with Crippen LogP contribution >= 0.6 is 28.3 Å². The molecule has 0 aliphatic heterocycles. The molecule has 1 unspecified atom stereocenters. The molecule has 0 aliphatic rings. The molecule has 0 saturated carbocycles. The molecule has 0 saturated heterocycles. The quantitative estimate of drug-likeness (QED) is 0.450.